The molecule has 1 aromatic heterocycles. The van der Waals surface area contributed by atoms with Crippen LogP contribution in [0.4, 0.5) is 5.82 Å². The van der Waals surface area contributed by atoms with Gasteiger partial charge in [-0.1, -0.05) is 15.9 Å². The van der Waals surface area contributed by atoms with Crippen LogP contribution >= 0.6 is 15.9 Å². The molecule has 0 unspecified atom stereocenters. The van der Waals surface area contributed by atoms with Gasteiger partial charge in [-0.15, -0.1) is 0 Å². The molecule has 3 nitrogen and oxygen atoms in total. The Morgan fingerprint density at radius 1 is 1.92 bits per heavy atom. The van der Waals surface area contributed by atoms with E-state index in [1.807, 2.05) is 0 Å². The molecule has 70 valence electrons. The molecule has 0 N–H and O–H groups in total. The van der Waals surface area contributed by atoms with Gasteiger partial charge in [0, 0.05) is 30.7 Å². The van der Waals surface area contributed by atoms with E-state index < -0.39 is 26.1 Å². The Labute approximate surface area is 97.1 Å². The molecule has 1 aliphatic rings. The van der Waals surface area contributed by atoms with Gasteiger partial charge in [0.05, 0.1) is 17.0 Å². The van der Waals surface area contributed by atoms with Crippen molar-refractivity contribution in [2.45, 2.75) is 6.08 Å². The molecule has 4 heteroatoms. The van der Waals surface area contributed by atoms with Gasteiger partial charge in [-0.05, 0) is 12.1 Å². The largest absolute Gasteiger partial charge is 0.378 e. The lowest BCUT2D eigenvalue weighted by Crippen LogP contribution is -2.52. The molecule has 0 spiro atoms. The lowest BCUT2D eigenvalue weighted by Gasteiger charge is -2.38. The highest BCUT2D eigenvalue weighted by Crippen LogP contribution is 2.22. The van der Waals surface area contributed by atoms with Crippen molar-refractivity contribution in [3.8, 4) is 0 Å². The second-order valence-electron chi connectivity index (χ2n) is 2.32. The fourth-order valence-electron chi connectivity index (χ4n) is 0.879. The summed E-state index contributed by atoms with van der Waals surface area (Å²) in [4.78, 5) is 4.44. The van der Waals surface area contributed by atoms with Crippen molar-refractivity contribution in [3.05, 3.63) is 22.8 Å². The lowest BCUT2D eigenvalue weighted by atomic mass is 10.1. The number of rotatable bonds is 2. The van der Waals surface area contributed by atoms with E-state index in [0.29, 0.717) is 9.37 Å². The third-order valence-electron chi connectivity index (χ3n) is 1.47. The van der Waals surface area contributed by atoms with Crippen LogP contribution < -0.4 is 4.90 Å². The second-order valence-corrected chi connectivity index (χ2v) is 3.24. The van der Waals surface area contributed by atoms with Crippen molar-refractivity contribution >= 4 is 21.7 Å². The van der Waals surface area contributed by atoms with Crippen molar-refractivity contribution in [2.24, 2.45) is 0 Å². The van der Waals surface area contributed by atoms with E-state index in [1.54, 1.807) is 6.07 Å². The van der Waals surface area contributed by atoms with Crippen molar-refractivity contribution in [2.75, 3.05) is 24.9 Å². The first-order chi connectivity index (χ1) is 9.33. The summed E-state index contributed by atoms with van der Waals surface area (Å²) in [5.74, 6) is -0.0728. The smallest absolute Gasteiger partial charge is 0.129 e. The second kappa shape index (κ2) is 3.64. The summed E-state index contributed by atoms with van der Waals surface area (Å²) in [6.07, 6.45) is -1.57. The molecular weight excluding hydrogens is 232 g/mol. The van der Waals surface area contributed by atoms with E-state index >= 15 is 0 Å². The van der Waals surface area contributed by atoms with Gasteiger partial charge in [-0.3, -0.25) is 0 Å². The highest BCUT2D eigenvalue weighted by molar-refractivity contribution is 9.10. The molecule has 0 amide bonds. The number of methoxy groups -OCH3 is 1. The molecule has 1 aromatic rings. The van der Waals surface area contributed by atoms with E-state index in [0.717, 1.165) is 0 Å². The van der Waals surface area contributed by atoms with Gasteiger partial charge in [-0.2, -0.15) is 0 Å². The molecule has 2 rings (SSSR count). The third-order valence-corrected chi connectivity index (χ3v) is 1.96. The standard InChI is InChI=1S/C9H11BrN2O/c1-13-8-5-12(6-8)9-4-7(10)2-3-11-9/h2-4,8H,5-6H2,1H3/i1D3,5D2,6D2,8D. The number of hydrogen-bond acceptors (Lipinski definition) is 3. The Balaban J connectivity index is 2.44. The van der Waals surface area contributed by atoms with Gasteiger partial charge in [0.1, 0.15) is 5.82 Å². The Morgan fingerprint density at radius 3 is 3.46 bits per heavy atom. The molecule has 0 aromatic carbocycles. The molecule has 2 heterocycles. The fraction of sp³-hybridized carbons (Fsp3) is 0.444. The first kappa shape index (κ1) is 3.51. The Hall–Kier alpha value is -0.610. The van der Waals surface area contributed by atoms with Crippen LogP contribution in [0.3, 0.4) is 0 Å². The maximum Gasteiger partial charge on any atom is 0.129 e. The van der Waals surface area contributed by atoms with Gasteiger partial charge < -0.3 is 9.64 Å². The number of nitrogens with zero attached hydrogens (tertiary/aromatic N) is 2. The number of hydrogen-bond donors (Lipinski definition) is 0. The zero-order valence-corrected chi connectivity index (χ0v) is 8.00. The number of halogens is 1. The van der Waals surface area contributed by atoms with E-state index in [-0.39, 0.29) is 5.82 Å². The van der Waals surface area contributed by atoms with E-state index in [2.05, 4.69) is 25.7 Å². The zero-order chi connectivity index (χ0) is 16.3. The lowest BCUT2D eigenvalue weighted by molar-refractivity contribution is 0.0783. The quantitative estimate of drug-likeness (QED) is 0.799. The topological polar surface area (TPSA) is 25.4 Å². The normalized spacial score (nSPS) is 37.5. The highest BCUT2D eigenvalue weighted by Gasteiger charge is 2.27. The summed E-state index contributed by atoms with van der Waals surface area (Å²) >= 11 is 3.16. The predicted molar refractivity (Wildman–Crippen MR) is 54.9 cm³/mol. The molecule has 0 saturated carbocycles. The van der Waals surface area contributed by atoms with Crippen LogP contribution in [0.15, 0.2) is 22.8 Å². The first-order valence-corrected chi connectivity index (χ1v) is 4.24. The molecule has 0 bridgehead atoms. The van der Waals surface area contributed by atoms with Crippen molar-refractivity contribution in [1.82, 2.24) is 4.98 Å². The summed E-state index contributed by atoms with van der Waals surface area (Å²) in [6.45, 7) is -5.42. The van der Waals surface area contributed by atoms with Crippen molar-refractivity contribution < 1.29 is 15.7 Å². The van der Waals surface area contributed by atoms with Gasteiger partial charge in [0.15, 0.2) is 0 Å². The first-order valence-electron chi connectivity index (χ1n) is 7.45. The van der Waals surface area contributed by atoms with Crippen molar-refractivity contribution in [1.29, 1.82) is 0 Å². The average molecular weight is 251 g/mol. The van der Waals surface area contributed by atoms with Crippen LogP contribution in [0.2, 0.25) is 0 Å². The van der Waals surface area contributed by atoms with Gasteiger partial charge in [0.2, 0.25) is 0 Å². The SMILES string of the molecule is [2H]C([2H])([2H])OC1([2H])C([2H])([2H])N(c2cc(Br)ccn2)C1([2H])[2H]. The van der Waals surface area contributed by atoms with Crippen LogP contribution in [0.5, 0.6) is 0 Å². The van der Waals surface area contributed by atoms with Gasteiger partial charge >= 0.3 is 0 Å². The molecule has 0 aliphatic carbocycles. The van der Waals surface area contributed by atoms with Gasteiger partial charge in [-0.25, -0.2) is 4.98 Å². The minimum atomic E-state index is -3.10. The summed E-state index contributed by atoms with van der Waals surface area (Å²) in [5, 5.41) is 0. The van der Waals surface area contributed by atoms with Crippen molar-refractivity contribution in [3.63, 3.8) is 0 Å². The molecule has 0 radical (unpaired) electrons. The number of anilines is 1. The van der Waals surface area contributed by atoms with E-state index in [9.17, 15) is 0 Å². The molecule has 13 heavy (non-hydrogen) atoms. The number of aromatic nitrogens is 1. The fourth-order valence-corrected chi connectivity index (χ4v) is 1.20. The van der Waals surface area contributed by atoms with E-state index in [4.69, 9.17) is 11.0 Å². The monoisotopic (exact) mass is 250 g/mol. The summed E-state index contributed by atoms with van der Waals surface area (Å²) in [6, 6.07) is 2.94. The Bertz CT molecular complexity index is 547. The number of ether oxygens (including phenoxy) is 1. The molecular formula is C9H11BrN2O. The summed E-state index contributed by atoms with van der Waals surface area (Å²) in [7, 11) is -3.10. The predicted octanol–water partition coefficient (Wildman–Crippen LogP) is 1.68. The van der Waals surface area contributed by atoms with Crippen LogP contribution in [0, 0.1) is 0 Å². The zero-order valence-electron chi connectivity index (χ0n) is 14.4. The van der Waals surface area contributed by atoms with Crippen LogP contribution in [-0.2, 0) is 4.74 Å². The Kier molecular flexibility index (Phi) is 0.983. The van der Waals surface area contributed by atoms with Crippen LogP contribution in [-0.4, -0.2) is 31.1 Å². The maximum absolute atomic E-state index is 7.86. The van der Waals surface area contributed by atoms with Crippen LogP contribution in [0.1, 0.15) is 11.0 Å². The summed E-state index contributed by atoms with van der Waals surface area (Å²) in [5.41, 5.74) is 0. The molecule has 1 fully saturated rings. The maximum atomic E-state index is 7.86. The summed E-state index contributed by atoms with van der Waals surface area (Å²) < 4.78 is 65.2. The molecule has 0 atom stereocenters. The molecule has 1 aliphatic heterocycles. The minimum absolute atomic E-state index is 0.0728. The average Bonchev–Trinajstić information content (AvgIpc) is 2.25. The van der Waals surface area contributed by atoms with Crippen LogP contribution in [0.25, 0.3) is 0 Å². The van der Waals surface area contributed by atoms with Gasteiger partial charge in [0.25, 0.3) is 0 Å². The highest BCUT2D eigenvalue weighted by atomic mass is 79.9. The Morgan fingerprint density at radius 2 is 2.77 bits per heavy atom. The third kappa shape index (κ3) is 1.84. The number of pyridine rings is 1. The molecule has 1 saturated heterocycles. The minimum Gasteiger partial charge on any atom is -0.378 e. The van der Waals surface area contributed by atoms with E-state index in [1.165, 1.54) is 12.3 Å².